The number of fused-ring (bicyclic) bond motifs is 2. The van der Waals surface area contributed by atoms with Gasteiger partial charge in [0.05, 0.1) is 5.56 Å². The molecule has 102 valence electrons. The van der Waals surface area contributed by atoms with Crippen LogP contribution in [0.25, 0.3) is 0 Å². The fraction of sp³-hybridized carbons (Fsp3) is 0.600. The molecule has 0 spiro atoms. The van der Waals surface area contributed by atoms with Gasteiger partial charge in [-0.25, -0.2) is 0 Å². The average molecular weight is 260 g/mol. The number of rotatable bonds is 3. The van der Waals surface area contributed by atoms with Gasteiger partial charge in [0.2, 0.25) is 0 Å². The Balaban J connectivity index is 1.71. The molecule has 1 heterocycles. The summed E-state index contributed by atoms with van der Waals surface area (Å²) in [5.41, 5.74) is 1.51. The second kappa shape index (κ2) is 4.93. The van der Waals surface area contributed by atoms with Gasteiger partial charge >= 0.3 is 0 Å². The van der Waals surface area contributed by atoms with E-state index < -0.39 is 0 Å². The van der Waals surface area contributed by atoms with Crippen molar-refractivity contribution >= 4 is 5.91 Å². The summed E-state index contributed by atoms with van der Waals surface area (Å²) in [5, 5.41) is 12.6. The van der Waals surface area contributed by atoms with E-state index in [1.807, 2.05) is 13.0 Å². The first-order valence-corrected chi connectivity index (χ1v) is 7.03. The Morgan fingerprint density at radius 2 is 2.21 bits per heavy atom. The fourth-order valence-corrected chi connectivity index (χ4v) is 3.73. The molecule has 4 heteroatoms. The molecule has 2 N–H and O–H groups in total. The summed E-state index contributed by atoms with van der Waals surface area (Å²) in [7, 11) is 0. The van der Waals surface area contributed by atoms with E-state index >= 15 is 0 Å². The lowest BCUT2D eigenvalue weighted by Gasteiger charge is -2.30. The van der Waals surface area contributed by atoms with Crippen molar-refractivity contribution in [2.24, 2.45) is 17.8 Å². The highest BCUT2D eigenvalue weighted by atomic mass is 16.3. The molecule has 3 rings (SSSR count). The normalized spacial score (nSPS) is 32.5. The molecule has 2 aliphatic rings. The van der Waals surface area contributed by atoms with E-state index in [-0.39, 0.29) is 24.5 Å². The van der Waals surface area contributed by atoms with Crippen molar-refractivity contribution in [3.8, 4) is 0 Å². The quantitative estimate of drug-likeness (QED) is 0.866. The number of hydrogen-bond donors (Lipinski definition) is 2. The third-order valence-electron chi connectivity index (χ3n) is 4.77. The Labute approximate surface area is 113 Å². The molecule has 0 saturated heterocycles. The lowest BCUT2D eigenvalue weighted by molar-refractivity contribution is 0.0861. The Hall–Kier alpha value is -1.42. The summed E-state index contributed by atoms with van der Waals surface area (Å²) < 4.78 is 0. The molecule has 0 aromatic carbocycles. The van der Waals surface area contributed by atoms with Gasteiger partial charge in [0, 0.05) is 30.5 Å². The molecular weight excluding hydrogens is 240 g/mol. The van der Waals surface area contributed by atoms with Gasteiger partial charge in [0.15, 0.2) is 0 Å². The summed E-state index contributed by atoms with van der Waals surface area (Å²) in [6.45, 7) is 2.08. The number of pyridine rings is 1. The zero-order valence-electron chi connectivity index (χ0n) is 11.2. The lowest BCUT2D eigenvalue weighted by Crippen LogP contribution is -2.45. The second-order valence-corrected chi connectivity index (χ2v) is 5.87. The van der Waals surface area contributed by atoms with E-state index in [0.29, 0.717) is 17.4 Å². The summed E-state index contributed by atoms with van der Waals surface area (Å²) in [5.74, 6) is 1.31. The number of aliphatic hydroxyl groups is 1. The number of aryl methyl sites for hydroxylation is 1. The van der Waals surface area contributed by atoms with E-state index in [0.717, 1.165) is 12.1 Å². The minimum Gasteiger partial charge on any atom is -0.396 e. The molecular formula is C15H20N2O2. The number of hydrogen-bond acceptors (Lipinski definition) is 3. The molecule has 4 atom stereocenters. The molecule has 4 unspecified atom stereocenters. The molecule has 0 aliphatic heterocycles. The molecule has 19 heavy (non-hydrogen) atoms. The third kappa shape index (κ3) is 2.25. The Morgan fingerprint density at radius 1 is 1.42 bits per heavy atom. The molecule has 2 aliphatic carbocycles. The minimum atomic E-state index is -0.0662. The first kappa shape index (κ1) is 12.6. The van der Waals surface area contributed by atoms with Crippen molar-refractivity contribution in [3.63, 3.8) is 0 Å². The molecule has 4 nitrogen and oxygen atoms in total. The van der Waals surface area contributed by atoms with Gasteiger partial charge in [-0.15, -0.1) is 0 Å². The van der Waals surface area contributed by atoms with Gasteiger partial charge < -0.3 is 10.4 Å². The number of carbonyl (C=O) groups is 1. The third-order valence-corrected chi connectivity index (χ3v) is 4.77. The zero-order valence-corrected chi connectivity index (χ0v) is 11.2. The van der Waals surface area contributed by atoms with Crippen molar-refractivity contribution in [2.45, 2.75) is 32.2 Å². The monoisotopic (exact) mass is 260 g/mol. The van der Waals surface area contributed by atoms with Crippen LogP contribution in [0.15, 0.2) is 18.3 Å². The van der Waals surface area contributed by atoms with E-state index in [4.69, 9.17) is 0 Å². The predicted octanol–water partition coefficient (Wildman–Crippen LogP) is 1.53. The Bertz CT molecular complexity index is 472. The first-order valence-electron chi connectivity index (χ1n) is 7.03. The van der Waals surface area contributed by atoms with Crippen LogP contribution in [0.1, 0.15) is 35.3 Å². The molecule has 2 bridgehead atoms. The number of carbonyl (C=O) groups excluding carboxylic acids is 1. The minimum absolute atomic E-state index is 0.0662. The average Bonchev–Trinajstić information content (AvgIpc) is 3.00. The van der Waals surface area contributed by atoms with Crippen molar-refractivity contribution in [1.82, 2.24) is 10.3 Å². The number of nitrogens with zero attached hydrogens (tertiary/aromatic N) is 1. The van der Waals surface area contributed by atoms with Crippen LogP contribution in [0, 0.1) is 24.7 Å². The van der Waals surface area contributed by atoms with Gasteiger partial charge in [-0.1, -0.05) is 0 Å². The Morgan fingerprint density at radius 3 is 2.89 bits per heavy atom. The number of aliphatic hydroxyl groups excluding tert-OH is 1. The molecule has 1 amide bonds. The van der Waals surface area contributed by atoms with Crippen molar-refractivity contribution in [1.29, 1.82) is 0 Å². The van der Waals surface area contributed by atoms with Gasteiger partial charge in [0.1, 0.15) is 0 Å². The first-order chi connectivity index (χ1) is 9.19. The largest absolute Gasteiger partial charge is 0.396 e. The van der Waals surface area contributed by atoms with Gasteiger partial charge in [-0.05, 0) is 50.2 Å². The van der Waals surface area contributed by atoms with Crippen molar-refractivity contribution in [3.05, 3.63) is 29.6 Å². The summed E-state index contributed by atoms with van der Waals surface area (Å²) >= 11 is 0. The van der Waals surface area contributed by atoms with Crippen LogP contribution < -0.4 is 5.32 Å². The maximum Gasteiger partial charge on any atom is 0.253 e. The summed E-state index contributed by atoms with van der Waals surface area (Å²) in [6.07, 6.45) is 5.15. The van der Waals surface area contributed by atoms with Crippen LogP contribution in [0.2, 0.25) is 0 Å². The van der Waals surface area contributed by atoms with Crippen LogP contribution >= 0.6 is 0 Å². The predicted molar refractivity (Wildman–Crippen MR) is 71.6 cm³/mol. The van der Waals surface area contributed by atoms with E-state index in [1.165, 1.54) is 12.8 Å². The summed E-state index contributed by atoms with van der Waals surface area (Å²) in [6, 6.07) is 3.79. The van der Waals surface area contributed by atoms with E-state index in [1.54, 1.807) is 12.3 Å². The summed E-state index contributed by atoms with van der Waals surface area (Å²) in [4.78, 5) is 16.4. The van der Waals surface area contributed by atoms with Crippen molar-refractivity contribution in [2.75, 3.05) is 6.61 Å². The topological polar surface area (TPSA) is 62.2 Å². The van der Waals surface area contributed by atoms with Gasteiger partial charge in [-0.3, -0.25) is 9.78 Å². The van der Waals surface area contributed by atoms with Gasteiger partial charge in [-0.2, -0.15) is 0 Å². The number of aromatic nitrogens is 1. The second-order valence-electron chi connectivity index (χ2n) is 5.87. The van der Waals surface area contributed by atoms with Crippen LogP contribution in [0.5, 0.6) is 0 Å². The van der Waals surface area contributed by atoms with Crippen molar-refractivity contribution < 1.29 is 9.90 Å². The highest BCUT2D eigenvalue weighted by Gasteiger charge is 2.47. The highest BCUT2D eigenvalue weighted by Crippen LogP contribution is 2.48. The molecule has 1 aromatic heterocycles. The van der Waals surface area contributed by atoms with E-state index in [2.05, 4.69) is 10.3 Å². The lowest BCUT2D eigenvalue weighted by atomic mass is 9.85. The number of amides is 1. The molecule has 2 saturated carbocycles. The van der Waals surface area contributed by atoms with E-state index in [9.17, 15) is 9.90 Å². The Kier molecular flexibility index (Phi) is 3.27. The molecule has 0 radical (unpaired) electrons. The van der Waals surface area contributed by atoms with Crippen LogP contribution in [0.3, 0.4) is 0 Å². The fourth-order valence-electron chi connectivity index (χ4n) is 3.73. The van der Waals surface area contributed by atoms with Crippen LogP contribution in [0.4, 0.5) is 0 Å². The molecule has 1 aromatic rings. The standard InChI is InChI=1S/C15H20N2O2/c1-9-2-3-12(7-16-9)15(19)17-14-11-5-4-10(6-11)13(14)8-18/h2-3,7,10-11,13-14,18H,4-6,8H2,1H3,(H,17,19). The highest BCUT2D eigenvalue weighted by molar-refractivity contribution is 5.94. The maximum absolute atomic E-state index is 12.2. The maximum atomic E-state index is 12.2. The van der Waals surface area contributed by atoms with Gasteiger partial charge in [0.25, 0.3) is 5.91 Å². The SMILES string of the molecule is Cc1ccc(C(=O)NC2C3CCC(C3)C2CO)cn1. The van der Waals surface area contributed by atoms with Crippen LogP contribution in [-0.2, 0) is 0 Å². The molecule has 2 fully saturated rings. The zero-order chi connectivity index (χ0) is 13.4. The number of nitrogens with one attached hydrogen (secondary N) is 1. The smallest absolute Gasteiger partial charge is 0.253 e. The van der Waals surface area contributed by atoms with Crippen LogP contribution in [-0.4, -0.2) is 28.6 Å².